The molecule has 0 spiro atoms. The highest BCUT2D eigenvalue weighted by molar-refractivity contribution is 6.92. The minimum Gasteiger partial charge on any atom is -0.166 e. The van der Waals surface area contributed by atoms with Crippen LogP contribution in [0.2, 0.25) is 0 Å². The summed E-state index contributed by atoms with van der Waals surface area (Å²) >= 11 is 0. The monoisotopic (exact) mass is 533 g/mol. The molecule has 0 saturated heterocycles. The molecule has 2 aliphatic heterocycles. The molecule has 7 heteroatoms. The Morgan fingerprint density at radius 3 is 2.00 bits per heavy atom. The molecule has 4 aromatic rings. The maximum atomic E-state index is 13.9. The highest BCUT2D eigenvalue weighted by Gasteiger charge is 2.46. The quantitative estimate of drug-likeness (QED) is 0.180. The highest BCUT2D eigenvalue weighted by Crippen LogP contribution is 2.53. The predicted octanol–water partition coefficient (Wildman–Crippen LogP) is 8.09. The van der Waals surface area contributed by atoms with Crippen LogP contribution in [0, 0.1) is 0 Å². The summed E-state index contributed by atoms with van der Waals surface area (Å²) in [5, 5.41) is 2.44. The zero-order valence-corrected chi connectivity index (χ0v) is 21.1. The fourth-order valence-electron chi connectivity index (χ4n) is 6.49. The van der Waals surface area contributed by atoms with Crippen molar-refractivity contribution in [1.82, 2.24) is 0 Å². The Balaban J connectivity index is 1.61. The Hall–Kier alpha value is -3.58. The summed E-state index contributed by atoms with van der Waals surface area (Å²) in [4.78, 5) is 0. The lowest BCUT2D eigenvalue weighted by molar-refractivity contribution is -0.143. The minimum atomic E-state index is -4.91. The van der Waals surface area contributed by atoms with E-state index in [1.807, 2.05) is 36.4 Å². The molecule has 1 radical (unpaired) electrons. The van der Waals surface area contributed by atoms with E-state index in [9.17, 15) is 26.3 Å². The van der Waals surface area contributed by atoms with Gasteiger partial charge in [-0.2, -0.15) is 26.3 Å². The fourth-order valence-corrected chi connectivity index (χ4v) is 10.4. The lowest BCUT2D eigenvalue weighted by Gasteiger charge is -2.24. The number of rotatable bonds is 2. The van der Waals surface area contributed by atoms with Gasteiger partial charge in [0.1, 0.15) is 8.80 Å². The zero-order valence-electron chi connectivity index (χ0n) is 20.1. The normalized spacial score (nSPS) is 17.2. The molecule has 38 heavy (non-hydrogen) atoms. The minimum absolute atomic E-state index is 0.0387. The van der Waals surface area contributed by atoms with E-state index in [1.54, 1.807) is 0 Å². The summed E-state index contributed by atoms with van der Waals surface area (Å²) in [5.74, 6) is 0. The van der Waals surface area contributed by atoms with E-state index in [0.717, 1.165) is 40.8 Å². The summed E-state index contributed by atoms with van der Waals surface area (Å²) < 4.78 is 83.2. The molecule has 1 atom stereocenters. The number of alkyl halides is 6. The smallest absolute Gasteiger partial charge is 0.166 e. The van der Waals surface area contributed by atoms with Crippen LogP contribution in [0.5, 0.6) is 0 Å². The molecule has 1 unspecified atom stereocenters. The Kier molecular flexibility index (Phi) is 4.78. The van der Waals surface area contributed by atoms with Crippen LogP contribution in [0.1, 0.15) is 41.1 Å². The van der Waals surface area contributed by atoms with E-state index in [4.69, 9.17) is 0 Å². The van der Waals surface area contributed by atoms with Crippen LogP contribution in [0.15, 0.2) is 78.4 Å². The van der Waals surface area contributed by atoms with Crippen molar-refractivity contribution in [2.24, 2.45) is 0 Å². The molecule has 3 aliphatic rings. The molecule has 0 amide bonds. The topological polar surface area (TPSA) is 0 Å². The first-order valence-corrected chi connectivity index (χ1v) is 13.9. The van der Waals surface area contributed by atoms with E-state index in [0.29, 0.717) is 11.1 Å². The molecule has 0 saturated carbocycles. The van der Waals surface area contributed by atoms with Crippen molar-refractivity contribution in [2.75, 3.05) is 0 Å². The van der Waals surface area contributed by atoms with Gasteiger partial charge in [0.05, 0.1) is 11.1 Å². The second-order valence-electron chi connectivity index (χ2n) is 9.98. The third kappa shape index (κ3) is 3.17. The van der Waals surface area contributed by atoms with Gasteiger partial charge in [-0.25, -0.2) is 0 Å². The SMILES string of the molecule is CCC1=Cc2ccc3c(-c4cc(C(F)(F)F)cc(C(F)(F)F)c4)c2C1[Si]1c2ccccc2-c2cccc-3c21. The van der Waals surface area contributed by atoms with Crippen molar-refractivity contribution in [1.29, 1.82) is 0 Å². The molecule has 4 aromatic carbocycles. The maximum absolute atomic E-state index is 13.9. The van der Waals surface area contributed by atoms with Gasteiger partial charge in [-0.3, -0.25) is 0 Å². The second kappa shape index (κ2) is 7.73. The van der Waals surface area contributed by atoms with Crippen molar-refractivity contribution >= 4 is 25.2 Å². The Bertz CT molecular complexity index is 1660. The van der Waals surface area contributed by atoms with Crippen LogP contribution in [-0.2, 0) is 12.4 Å². The molecule has 0 aromatic heterocycles. The lowest BCUT2D eigenvalue weighted by Crippen LogP contribution is -2.44. The van der Waals surface area contributed by atoms with Gasteiger partial charge in [-0.1, -0.05) is 73.2 Å². The Morgan fingerprint density at radius 1 is 0.711 bits per heavy atom. The van der Waals surface area contributed by atoms with Crippen molar-refractivity contribution in [3.05, 3.63) is 101 Å². The van der Waals surface area contributed by atoms with Gasteiger partial charge in [-0.05, 0) is 79.5 Å². The number of hydrogen-bond donors (Lipinski definition) is 0. The van der Waals surface area contributed by atoms with Gasteiger partial charge in [0.2, 0.25) is 0 Å². The summed E-state index contributed by atoms with van der Waals surface area (Å²) in [7, 11) is -1.47. The van der Waals surface area contributed by atoms with Gasteiger partial charge >= 0.3 is 12.4 Å². The average molecular weight is 534 g/mol. The third-order valence-electron chi connectivity index (χ3n) is 7.98. The van der Waals surface area contributed by atoms with E-state index in [-0.39, 0.29) is 17.2 Å². The number of hydrogen-bond acceptors (Lipinski definition) is 0. The van der Waals surface area contributed by atoms with Crippen LogP contribution < -0.4 is 10.4 Å². The van der Waals surface area contributed by atoms with Gasteiger partial charge in [0, 0.05) is 5.54 Å². The van der Waals surface area contributed by atoms with Crippen molar-refractivity contribution in [2.45, 2.75) is 31.2 Å². The summed E-state index contributed by atoms with van der Waals surface area (Å²) in [5.41, 5.74) is 4.59. The highest BCUT2D eigenvalue weighted by atomic mass is 28.3. The van der Waals surface area contributed by atoms with E-state index in [1.165, 1.54) is 21.5 Å². The summed E-state index contributed by atoms with van der Waals surface area (Å²) in [6.07, 6.45) is -6.98. The van der Waals surface area contributed by atoms with Crippen LogP contribution in [-0.4, -0.2) is 8.80 Å². The first kappa shape index (κ1) is 23.5. The number of allylic oxidation sites excluding steroid dienone is 1. The fraction of sp³-hybridized carbons (Fsp3) is 0.161. The molecule has 0 fully saturated rings. The molecular weight excluding hydrogens is 514 g/mol. The van der Waals surface area contributed by atoms with E-state index in [2.05, 4.69) is 31.2 Å². The molecular formula is C31H19F6Si. The van der Waals surface area contributed by atoms with Crippen LogP contribution >= 0.6 is 0 Å². The van der Waals surface area contributed by atoms with Crippen molar-refractivity contribution in [3.8, 4) is 33.4 Å². The van der Waals surface area contributed by atoms with Crippen LogP contribution in [0.4, 0.5) is 26.3 Å². The standard InChI is InChI=1S/C31H19F6Si/c1-2-16-12-17-10-11-22-24-8-5-7-23-21-6-3-4-9-25(21)38(29(23)24)28(16)27(17)26(22)18-13-19(30(32,33)34)15-20(14-18)31(35,36)37/h3-15,28H,2H2,1H3. The van der Waals surface area contributed by atoms with E-state index < -0.39 is 32.3 Å². The second-order valence-corrected chi connectivity index (χ2v) is 12.4. The summed E-state index contributed by atoms with van der Waals surface area (Å²) in [6, 6.07) is 20.1. The zero-order chi connectivity index (χ0) is 26.6. The van der Waals surface area contributed by atoms with E-state index >= 15 is 0 Å². The van der Waals surface area contributed by atoms with Crippen molar-refractivity contribution < 1.29 is 26.3 Å². The van der Waals surface area contributed by atoms with Gasteiger partial charge in [0.25, 0.3) is 0 Å². The lowest BCUT2D eigenvalue weighted by atomic mass is 9.86. The first-order valence-electron chi connectivity index (χ1n) is 12.4. The van der Waals surface area contributed by atoms with Gasteiger partial charge in [0.15, 0.2) is 0 Å². The molecule has 2 heterocycles. The molecule has 189 valence electrons. The molecule has 2 bridgehead atoms. The molecule has 0 N–H and O–H groups in total. The van der Waals surface area contributed by atoms with Crippen LogP contribution in [0.3, 0.4) is 0 Å². The van der Waals surface area contributed by atoms with Gasteiger partial charge in [-0.15, -0.1) is 0 Å². The van der Waals surface area contributed by atoms with Crippen LogP contribution in [0.25, 0.3) is 39.5 Å². The average Bonchev–Trinajstić information content (AvgIpc) is 3.39. The number of benzene rings is 4. The predicted molar refractivity (Wildman–Crippen MR) is 139 cm³/mol. The molecule has 7 rings (SSSR count). The Labute approximate surface area is 216 Å². The van der Waals surface area contributed by atoms with Gasteiger partial charge < -0.3 is 0 Å². The number of halogens is 6. The maximum Gasteiger partial charge on any atom is 0.416 e. The first-order chi connectivity index (χ1) is 18.1. The Morgan fingerprint density at radius 2 is 1.34 bits per heavy atom. The molecule has 1 aliphatic carbocycles. The number of fused-ring (bicyclic) bond motifs is 6. The largest absolute Gasteiger partial charge is 0.416 e. The third-order valence-corrected chi connectivity index (χ3v) is 11.3. The summed E-state index contributed by atoms with van der Waals surface area (Å²) in [6.45, 7) is 2.06. The van der Waals surface area contributed by atoms with Crippen molar-refractivity contribution in [3.63, 3.8) is 0 Å². The molecule has 0 nitrogen and oxygen atoms in total.